The van der Waals surface area contributed by atoms with Crippen LogP contribution in [0.15, 0.2) is 71.6 Å². The highest BCUT2D eigenvalue weighted by molar-refractivity contribution is 7.89. The van der Waals surface area contributed by atoms with Gasteiger partial charge in [0.15, 0.2) is 0 Å². The molecule has 0 amide bonds. The van der Waals surface area contributed by atoms with Crippen molar-refractivity contribution in [1.29, 1.82) is 0 Å². The van der Waals surface area contributed by atoms with Gasteiger partial charge in [0.25, 0.3) is 0 Å². The molecule has 31 heavy (non-hydrogen) atoms. The van der Waals surface area contributed by atoms with E-state index in [1.807, 2.05) is 18.2 Å². The minimum absolute atomic E-state index is 0.276. The zero-order valence-electron chi connectivity index (χ0n) is 16.8. The van der Waals surface area contributed by atoms with Crippen LogP contribution < -0.4 is 0 Å². The van der Waals surface area contributed by atoms with Gasteiger partial charge in [-0.2, -0.15) is 4.31 Å². The molecule has 3 aromatic rings. The van der Waals surface area contributed by atoms with Crippen LogP contribution in [0.4, 0.5) is 0 Å². The zero-order valence-corrected chi connectivity index (χ0v) is 19.2. The van der Waals surface area contributed by atoms with Crippen molar-refractivity contribution in [2.24, 2.45) is 0 Å². The minimum atomic E-state index is -3.49. The van der Waals surface area contributed by atoms with Crippen molar-refractivity contribution in [2.45, 2.75) is 23.9 Å². The molecule has 0 aliphatic carbocycles. The monoisotopic (exact) mass is 472 g/mol. The van der Waals surface area contributed by atoms with Crippen LogP contribution in [0.5, 0.6) is 0 Å². The van der Waals surface area contributed by atoms with Crippen LogP contribution in [0.1, 0.15) is 11.1 Å². The fraction of sp³-hybridized carbons (Fsp3) is 0.250. The lowest BCUT2D eigenvalue weighted by molar-refractivity contribution is 0.0769. The summed E-state index contributed by atoms with van der Waals surface area (Å²) in [6, 6.07) is 21.1. The summed E-state index contributed by atoms with van der Waals surface area (Å²) >= 11 is 12.1. The Morgan fingerprint density at radius 3 is 2.19 bits per heavy atom. The summed E-state index contributed by atoms with van der Waals surface area (Å²) in [5, 5.41) is 0.969. The summed E-state index contributed by atoms with van der Waals surface area (Å²) in [7, 11) is -3.49. The molecular weight excluding hydrogens is 451 g/mol. The number of benzene rings is 3. The third-order valence-electron chi connectivity index (χ3n) is 6.25. The van der Waals surface area contributed by atoms with Crippen molar-refractivity contribution in [3.05, 3.63) is 87.9 Å². The van der Waals surface area contributed by atoms with Crippen LogP contribution in [-0.2, 0) is 23.0 Å². The summed E-state index contributed by atoms with van der Waals surface area (Å²) < 4.78 is 27.7. The molecule has 0 bridgehead atoms. The standard InChI is InChI=1S/C24H22Cl2N2O2S/c25-23-10-7-19(13-24(23)26)18-5-8-22(9-6-18)31(29,30)28-15-21(16-28)27-12-11-17-3-1-2-4-20(17)14-27/h1-10,13,21H,11-12,14-16H2. The molecule has 1 fully saturated rings. The van der Waals surface area contributed by atoms with E-state index in [0.29, 0.717) is 28.0 Å². The number of fused-ring (bicyclic) bond motifs is 1. The Morgan fingerprint density at radius 1 is 0.806 bits per heavy atom. The lowest BCUT2D eigenvalue weighted by Crippen LogP contribution is -2.61. The predicted octanol–water partition coefficient (Wildman–Crippen LogP) is 5.09. The second kappa shape index (κ2) is 8.23. The second-order valence-corrected chi connectivity index (χ2v) is 10.9. The molecule has 4 nitrogen and oxygen atoms in total. The molecule has 0 saturated carbocycles. The van der Waals surface area contributed by atoms with E-state index in [1.165, 1.54) is 11.1 Å². The molecule has 0 aromatic heterocycles. The van der Waals surface area contributed by atoms with Gasteiger partial charge < -0.3 is 0 Å². The molecular formula is C24H22Cl2N2O2S. The number of hydrogen-bond acceptors (Lipinski definition) is 3. The minimum Gasteiger partial charge on any atom is -0.293 e. The predicted molar refractivity (Wildman–Crippen MR) is 125 cm³/mol. The molecule has 2 heterocycles. The lowest BCUT2D eigenvalue weighted by Gasteiger charge is -2.46. The highest BCUT2D eigenvalue weighted by Gasteiger charge is 2.40. The van der Waals surface area contributed by atoms with Gasteiger partial charge >= 0.3 is 0 Å². The summed E-state index contributed by atoms with van der Waals surface area (Å²) in [5.41, 5.74) is 4.55. The van der Waals surface area contributed by atoms with Gasteiger partial charge in [0.1, 0.15) is 0 Å². The number of halogens is 2. The Hall–Kier alpha value is -1.89. The smallest absolute Gasteiger partial charge is 0.243 e. The molecule has 0 atom stereocenters. The fourth-order valence-electron chi connectivity index (χ4n) is 4.32. The molecule has 0 spiro atoms. The van der Waals surface area contributed by atoms with Crippen LogP contribution in [0.2, 0.25) is 10.0 Å². The van der Waals surface area contributed by atoms with Gasteiger partial charge in [0, 0.05) is 32.2 Å². The SMILES string of the molecule is O=S(=O)(c1ccc(-c2ccc(Cl)c(Cl)c2)cc1)N1CC(N2CCc3ccccc3C2)C1. The number of rotatable bonds is 4. The first kappa shape index (κ1) is 21.0. The molecule has 5 rings (SSSR count). The van der Waals surface area contributed by atoms with Crippen molar-refractivity contribution >= 4 is 33.2 Å². The van der Waals surface area contributed by atoms with E-state index in [-0.39, 0.29) is 6.04 Å². The van der Waals surface area contributed by atoms with Gasteiger partial charge in [-0.15, -0.1) is 0 Å². The van der Waals surface area contributed by atoms with Gasteiger partial charge in [-0.1, -0.05) is 65.7 Å². The highest BCUT2D eigenvalue weighted by Crippen LogP contribution is 2.31. The molecule has 2 aliphatic heterocycles. The first-order valence-corrected chi connectivity index (χ1v) is 12.5. The molecule has 160 valence electrons. The van der Waals surface area contributed by atoms with E-state index in [0.717, 1.165) is 30.6 Å². The summed E-state index contributed by atoms with van der Waals surface area (Å²) in [6.45, 7) is 2.96. The van der Waals surface area contributed by atoms with Gasteiger partial charge in [0.05, 0.1) is 14.9 Å². The normalized spacial score (nSPS) is 17.9. The number of nitrogens with zero attached hydrogens (tertiary/aromatic N) is 2. The maximum atomic E-state index is 13.1. The molecule has 0 N–H and O–H groups in total. The molecule has 2 aliphatic rings. The van der Waals surface area contributed by atoms with E-state index >= 15 is 0 Å². The maximum absolute atomic E-state index is 13.1. The Balaban J connectivity index is 1.26. The van der Waals surface area contributed by atoms with E-state index in [2.05, 4.69) is 29.2 Å². The fourth-order valence-corrected chi connectivity index (χ4v) is 6.13. The van der Waals surface area contributed by atoms with Gasteiger partial charge in [0.2, 0.25) is 10.0 Å². The summed E-state index contributed by atoms with van der Waals surface area (Å²) in [4.78, 5) is 2.72. The van der Waals surface area contributed by atoms with Gasteiger partial charge in [-0.3, -0.25) is 4.90 Å². The summed E-state index contributed by atoms with van der Waals surface area (Å²) in [6.07, 6.45) is 1.02. The average molecular weight is 473 g/mol. The Morgan fingerprint density at radius 2 is 1.48 bits per heavy atom. The lowest BCUT2D eigenvalue weighted by atomic mass is 9.97. The topological polar surface area (TPSA) is 40.6 Å². The van der Waals surface area contributed by atoms with Crippen LogP contribution in [-0.4, -0.2) is 43.3 Å². The average Bonchev–Trinajstić information content (AvgIpc) is 2.74. The number of hydrogen-bond donors (Lipinski definition) is 0. The van der Waals surface area contributed by atoms with E-state index < -0.39 is 10.0 Å². The van der Waals surface area contributed by atoms with Crippen molar-refractivity contribution in [2.75, 3.05) is 19.6 Å². The molecule has 0 unspecified atom stereocenters. The third-order valence-corrected chi connectivity index (χ3v) is 8.84. The van der Waals surface area contributed by atoms with Crippen LogP contribution >= 0.6 is 23.2 Å². The molecule has 3 aromatic carbocycles. The van der Waals surface area contributed by atoms with E-state index in [4.69, 9.17) is 23.2 Å². The van der Waals surface area contributed by atoms with E-state index in [1.54, 1.807) is 28.6 Å². The Labute approximate surface area is 193 Å². The zero-order chi connectivity index (χ0) is 21.6. The summed E-state index contributed by atoms with van der Waals surface area (Å²) in [5.74, 6) is 0. The first-order valence-electron chi connectivity index (χ1n) is 10.3. The van der Waals surface area contributed by atoms with Crippen LogP contribution in [0, 0.1) is 0 Å². The number of sulfonamides is 1. The van der Waals surface area contributed by atoms with Crippen molar-refractivity contribution < 1.29 is 8.42 Å². The van der Waals surface area contributed by atoms with Crippen LogP contribution in [0.25, 0.3) is 11.1 Å². The van der Waals surface area contributed by atoms with Gasteiger partial charge in [-0.05, 0) is 52.9 Å². The molecule has 0 radical (unpaired) electrons. The molecule has 1 saturated heterocycles. The first-order chi connectivity index (χ1) is 14.9. The maximum Gasteiger partial charge on any atom is 0.243 e. The Bertz CT molecular complexity index is 1220. The second-order valence-electron chi connectivity index (χ2n) is 8.12. The largest absolute Gasteiger partial charge is 0.293 e. The van der Waals surface area contributed by atoms with Crippen molar-refractivity contribution in [3.8, 4) is 11.1 Å². The molecule has 7 heteroatoms. The van der Waals surface area contributed by atoms with E-state index in [9.17, 15) is 8.42 Å². The van der Waals surface area contributed by atoms with Crippen molar-refractivity contribution in [1.82, 2.24) is 9.21 Å². The third kappa shape index (κ3) is 4.01. The van der Waals surface area contributed by atoms with Gasteiger partial charge in [-0.25, -0.2) is 8.42 Å². The van der Waals surface area contributed by atoms with Crippen molar-refractivity contribution in [3.63, 3.8) is 0 Å². The Kier molecular flexibility index (Phi) is 5.57. The quantitative estimate of drug-likeness (QED) is 0.530. The van der Waals surface area contributed by atoms with Crippen LogP contribution in [0.3, 0.4) is 0 Å². The highest BCUT2D eigenvalue weighted by atomic mass is 35.5.